The van der Waals surface area contributed by atoms with Crippen molar-refractivity contribution in [1.29, 1.82) is 0 Å². The number of alkyl halides is 3. The van der Waals surface area contributed by atoms with E-state index in [1.165, 1.54) is 0 Å². The third-order valence-electron chi connectivity index (χ3n) is 2.05. The van der Waals surface area contributed by atoms with Gasteiger partial charge in [0.15, 0.2) is 5.78 Å². The summed E-state index contributed by atoms with van der Waals surface area (Å²) in [7, 11) is 0. The van der Waals surface area contributed by atoms with E-state index in [-0.39, 0.29) is 0 Å². The van der Waals surface area contributed by atoms with E-state index in [0.717, 1.165) is 6.92 Å². The number of nitrogens with zero attached hydrogens (tertiary/aromatic N) is 1. The van der Waals surface area contributed by atoms with E-state index < -0.39 is 39.4 Å². The highest BCUT2D eigenvalue weighted by molar-refractivity contribution is 5.99. The van der Waals surface area contributed by atoms with Gasteiger partial charge in [0, 0.05) is 6.07 Å². The number of benzene rings is 1. The number of nitro benzene ring substituents is 1. The second kappa shape index (κ2) is 4.04. The fourth-order valence-corrected chi connectivity index (χ4v) is 1.28. The Hall–Kier alpha value is -2.12. The quantitative estimate of drug-likeness (QED) is 0.377. The normalized spacial score (nSPS) is 11.3. The van der Waals surface area contributed by atoms with Gasteiger partial charge in [0.2, 0.25) is 0 Å². The average Bonchev–Trinajstić information content (AvgIpc) is 2.14. The van der Waals surface area contributed by atoms with Crippen LogP contribution in [-0.4, -0.2) is 10.7 Å². The van der Waals surface area contributed by atoms with Gasteiger partial charge < -0.3 is 5.73 Å². The summed E-state index contributed by atoms with van der Waals surface area (Å²) in [6.07, 6.45) is -4.76. The topological polar surface area (TPSA) is 86.2 Å². The van der Waals surface area contributed by atoms with Crippen LogP contribution in [-0.2, 0) is 6.18 Å². The fraction of sp³-hybridized carbons (Fsp3) is 0.222. The molecule has 1 rings (SSSR count). The summed E-state index contributed by atoms with van der Waals surface area (Å²) in [6.45, 7) is 0.943. The van der Waals surface area contributed by atoms with E-state index in [0.29, 0.717) is 12.1 Å². The minimum atomic E-state index is -4.76. The zero-order valence-corrected chi connectivity index (χ0v) is 8.54. The molecule has 0 amide bonds. The maximum absolute atomic E-state index is 12.5. The molecule has 2 N–H and O–H groups in total. The Kier molecular flexibility index (Phi) is 3.08. The van der Waals surface area contributed by atoms with Crippen LogP contribution < -0.4 is 5.73 Å². The lowest BCUT2D eigenvalue weighted by Gasteiger charge is -2.11. The molecule has 0 aliphatic rings. The lowest BCUT2D eigenvalue weighted by Crippen LogP contribution is -2.12. The first-order valence-corrected chi connectivity index (χ1v) is 4.30. The number of hydrogen-bond donors (Lipinski definition) is 1. The molecule has 0 aliphatic heterocycles. The Morgan fingerprint density at radius 1 is 1.41 bits per heavy atom. The van der Waals surface area contributed by atoms with Crippen LogP contribution in [0.25, 0.3) is 0 Å². The highest BCUT2D eigenvalue weighted by atomic mass is 19.4. The Balaban J connectivity index is 3.57. The minimum Gasteiger partial charge on any atom is -0.398 e. The molecule has 0 spiro atoms. The summed E-state index contributed by atoms with van der Waals surface area (Å²) >= 11 is 0. The van der Waals surface area contributed by atoms with Crippen LogP contribution in [0.2, 0.25) is 0 Å². The number of hydrogen-bond acceptors (Lipinski definition) is 4. The number of ketones is 1. The zero-order chi connectivity index (χ0) is 13.4. The first-order chi connectivity index (χ1) is 7.64. The summed E-state index contributed by atoms with van der Waals surface area (Å²) < 4.78 is 37.4. The molecule has 1 aromatic carbocycles. The van der Waals surface area contributed by atoms with Gasteiger partial charge >= 0.3 is 6.18 Å². The van der Waals surface area contributed by atoms with Crippen LogP contribution >= 0.6 is 0 Å². The third kappa shape index (κ3) is 2.52. The molecule has 17 heavy (non-hydrogen) atoms. The van der Waals surface area contributed by atoms with Gasteiger partial charge in [-0.3, -0.25) is 14.9 Å². The van der Waals surface area contributed by atoms with Crippen molar-refractivity contribution in [1.82, 2.24) is 0 Å². The van der Waals surface area contributed by atoms with E-state index in [4.69, 9.17) is 5.73 Å². The van der Waals surface area contributed by atoms with E-state index >= 15 is 0 Å². The predicted octanol–water partition coefficient (Wildman–Crippen LogP) is 2.40. The van der Waals surface area contributed by atoms with Crippen LogP contribution in [0, 0.1) is 10.1 Å². The fourth-order valence-electron chi connectivity index (χ4n) is 1.28. The molecule has 0 saturated heterocycles. The van der Waals surface area contributed by atoms with Crippen molar-refractivity contribution in [3.05, 3.63) is 33.4 Å². The summed E-state index contributed by atoms with van der Waals surface area (Å²) in [5.41, 5.74) is 1.69. The smallest absolute Gasteiger partial charge is 0.398 e. The van der Waals surface area contributed by atoms with Gasteiger partial charge in [-0.2, -0.15) is 13.2 Å². The number of nitrogen functional groups attached to an aromatic ring is 1. The molecule has 0 saturated carbocycles. The highest BCUT2D eigenvalue weighted by Gasteiger charge is 2.35. The van der Waals surface area contributed by atoms with Gasteiger partial charge in [-0.25, -0.2) is 0 Å². The molecule has 0 heterocycles. The number of carbonyl (C=O) groups is 1. The van der Waals surface area contributed by atoms with Crippen LogP contribution in [0.15, 0.2) is 12.1 Å². The van der Waals surface area contributed by atoms with Crippen molar-refractivity contribution in [2.45, 2.75) is 13.1 Å². The molecule has 0 bridgehead atoms. The average molecular weight is 248 g/mol. The molecule has 92 valence electrons. The first-order valence-electron chi connectivity index (χ1n) is 4.30. The van der Waals surface area contributed by atoms with Crippen molar-refractivity contribution in [2.75, 3.05) is 5.73 Å². The Labute approximate surface area is 93.2 Å². The second-order valence-corrected chi connectivity index (χ2v) is 3.27. The summed E-state index contributed by atoms with van der Waals surface area (Å²) in [6, 6.07) is 0.940. The molecular formula is C9H7F3N2O3. The van der Waals surface area contributed by atoms with Gasteiger partial charge in [-0.05, 0) is 13.0 Å². The number of carbonyl (C=O) groups excluding carboxylic acids is 1. The molecule has 0 radical (unpaired) electrons. The monoisotopic (exact) mass is 248 g/mol. The number of Topliss-reactive ketones (excluding diaryl/α,β-unsaturated/α-hetero) is 1. The maximum atomic E-state index is 12.5. The Morgan fingerprint density at radius 3 is 2.29 bits per heavy atom. The van der Waals surface area contributed by atoms with Crippen LogP contribution in [0.1, 0.15) is 22.8 Å². The summed E-state index contributed by atoms with van der Waals surface area (Å²) in [5.74, 6) is -0.831. The number of rotatable bonds is 2. The highest BCUT2D eigenvalue weighted by Crippen LogP contribution is 2.37. The van der Waals surface area contributed by atoms with E-state index in [1.807, 2.05) is 0 Å². The molecule has 5 nitrogen and oxygen atoms in total. The van der Waals surface area contributed by atoms with Crippen molar-refractivity contribution in [3.63, 3.8) is 0 Å². The minimum absolute atomic E-state index is 0.399. The Morgan fingerprint density at radius 2 is 1.94 bits per heavy atom. The van der Waals surface area contributed by atoms with Crippen molar-refractivity contribution >= 4 is 17.2 Å². The van der Waals surface area contributed by atoms with Gasteiger partial charge in [-0.1, -0.05) is 0 Å². The molecular weight excluding hydrogens is 241 g/mol. The van der Waals surface area contributed by atoms with E-state index in [1.54, 1.807) is 0 Å². The van der Waals surface area contributed by atoms with E-state index in [9.17, 15) is 28.1 Å². The molecule has 0 fully saturated rings. The summed E-state index contributed by atoms with van der Waals surface area (Å²) in [4.78, 5) is 20.7. The number of halogens is 3. The molecule has 8 heteroatoms. The van der Waals surface area contributed by atoms with Crippen molar-refractivity contribution < 1.29 is 22.9 Å². The largest absolute Gasteiger partial charge is 0.418 e. The van der Waals surface area contributed by atoms with Gasteiger partial charge in [0.25, 0.3) is 5.69 Å². The van der Waals surface area contributed by atoms with Crippen molar-refractivity contribution in [2.24, 2.45) is 0 Å². The first kappa shape index (κ1) is 12.9. The van der Waals surface area contributed by atoms with Gasteiger partial charge in [0.1, 0.15) is 0 Å². The van der Waals surface area contributed by atoms with Crippen LogP contribution in [0.4, 0.5) is 24.5 Å². The molecule has 1 aromatic rings. The predicted molar refractivity (Wildman–Crippen MR) is 52.5 cm³/mol. The zero-order valence-electron chi connectivity index (χ0n) is 8.54. The SMILES string of the molecule is CC(=O)c1cc(C(F)(F)F)c(N)cc1[N+](=O)[O-]. The Bertz CT molecular complexity index is 497. The lowest BCUT2D eigenvalue weighted by molar-refractivity contribution is -0.385. The van der Waals surface area contributed by atoms with E-state index in [2.05, 4.69) is 0 Å². The number of nitro groups is 1. The molecule has 0 aromatic heterocycles. The number of anilines is 1. The number of nitrogens with two attached hydrogens (primary N) is 1. The molecule has 0 aliphatic carbocycles. The van der Waals surface area contributed by atoms with Crippen molar-refractivity contribution in [3.8, 4) is 0 Å². The van der Waals surface area contributed by atoms with Crippen LogP contribution in [0.5, 0.6) is 0 Å². The van der Waals surface area contributed by atoms with Gasteiger partial charge in [0.05, 0.1) is 21.7 Å². The molecule has 0 atom stereocenters. The third-order valence-corrected chi connectivity index (χ3v) is 2.05. The second-order valence-electron chi connectivity index (χ2n) is 3.27. The lowest BCUT2D eigenvalue weighted by atomic mass is 10.0. The maximum Gasteiger partial charge on any atom is 0.418 e. The van der Waals surface area contributed by atoms with Gasteiger partial charge in [-0.15, -0.1) is 0 Å². The standard InChI is InChI=1S/C9H7F3N2O3/c1-4(15)5-2-6(9(10,11)12)7(13)3-8(5)14(16)17/h2-3H,13H2,1H3. The van der Waals surface area contributed by atoms with Crippen LogP contribution in [0.3, 0.4) is 0 Å². The molecule has 0 unspecified atom stereocenters. The summed E-state index contributed by atoms with van der Waals surface area (Å²) in [5, 5.41) is 10.6.